The van der Waals surface area contributed by atoms with Crippen molar-refractivity contribution in [1.82, 2.24) is 29.4 Å². The fourth-order valence-electron chi connectivity index (χ4n) is 6.02. The van der Waals surface area contributed by atoms with Gasteiger partial charge in [-0.1, -0.05) is 42.3 Å². The summed E-state index contributed by atoms with van der Waals surface area (Å²) in [4.78, 5) is 19.8. The minimum atomic E-state index is -1.04. The van der Waals surface area contributed by atoms with E-state index in [4.69, 9.17) is 4.98 Å². The van der Waals surface area contributed by atoms with Gasteiger partial charge in [-0.15, -0.1) is 5.10 Å². The Morgan fingerprint density at radius 2 is 1.79 bits per heavy atom. The molecule has 1 atom stereocenters. The van der Waals surface area contributed by atoms with Crippen molar-refractivity contribution in [1.29, 1.82) is 0 Å². The molecule has 0 aliphatic carbocycles. The van der Waals surface area contributed by atoms with Crippen molar-refractivity contribution in [2.45, 2.75) is 72.4 Å². The first-order valence-electron chi connectivity index (χ1n) is 14.0. The minimum Gasteiger partial charge on any atom is -0.481 e. The van der Waals surface area contributed by atoms with E-state index >= 15 is 0 Å². The second-order valence-electron chi connectivity index (χ2n) is 11.7. The van der Waals surface area contributed by atoms with E-state index in [1.54, 1.807) is 4.68 Å². The van der Waals surface area contributed by atoms with E-state index in [1.165, 1.54) is 36.8 Å². The maximum atomic E-state index is 12.6. The quantitative estimate of drug-likeness (QED) is 0.327. The van der Waals surface area contributed by atoms with Gasteiger partial charge in [0.1, 0.15) is 11.3 Å². The smallest absolute Gasteiger partial charge is 0.310 e. The number of nitrogens with zero attached hydrogens (tertiary/aromatic N) is 6. The molecule has 0 radical (unpaired) electrons. The highest BCUT2D eigenvalue weighted by atomic mass is 16.4. The molecule has 8 heteroatoms. The third-order valence-corrected chi connectivity index (χ3v) is 8.58. The van der Waals surface area contributed by atoms with Crippen LogP contribution in [0.4, 0.5) is 0 Å². The molecular weight excluding hydrogens is 488 g/mol. The fourth-order valence-corrected chi connectivity index (χ4v) is 6.02. The number of carboxylic acid groups (broad SMARTS) is 1. The Labute approximate surface area is 230 Å². The number of rotatable bonds is 8. The van der Waals surface area contributed by atoms with Crippen LogP contribution in [0.5, 0.6) is 0 Å². The molecule has 206 valence electrons. The monoisotopic (exact) mass is 528 g/mol. The molecule has 0 amide bonds. The van der Waals surface area contributed by atoms with Crippen molar-refractivity contribution in [2.75, 3.05) is 13.1 Å². The molecular formula is C31H40N6O2. The van der Waals surface area contributed by atoms with Crippen molar-refractivity contribution in [3.05, 3.63) is 76.4 Å². The number of hydrogen-bond donors (Lipinski definition) is 1. The van der Waals surface area contributed by atoms with E-state index in [1.807, 2.05) is 46.1 Å². The van der Waals surface area contributed by atoms with Gasteiger partial charge in [0, 0.05) is 31.9 Å². The predicted octanol–water partition coefficient (Wildman–Crippen LogP) is 5.45. The molecule has 3 heterocycles. The lowest BCUT2D eigenvalue weighted by atomic mass is 9.69. The first-order chi connectivity index (χ1) is 18.7. The lowest BCUT2D eigenvalue weighted by Crippen LogP contribution is -2.32. The van der Waals surface area contributed by atoms with Gasteiger partial charge in [0.05, 0.1) is 17.5 Å². The number of fused-ring (bicyclic) bond motifs is 1. The SMILES string of the molecule is Cc1ccc(C(c2ccc3c(nnn3C)c2C)C(C)(C)C(=O)O)cc1Cn1ccnc1CN1CCCCCC1. The van der Waals surface area contributed by atoms with Crippen LogP contribution in [-0.2, 0) is 24.9 Å². The summed E-state index contributed by atoms with van der Waals surface area (Å²) in [5.41, 5.74) is 5.98. The maximum Gasteiger partial charge on any atom is 0.310 e. The highest BCUT2D eigenvalue weighted by Gasteiger charge is 2.40. The molecule has 0 bridgehead atoms. The zero-order valence-corrected chi connectivity index (χ0v) is 23.8. The summed E-state index contributed by atoms with van der Waals surface area (Å²) in [5.74, 6) is -0.115. The number of imidazole rings is 1. The number of likely N-dealkylation sites (tertiary alicyclic amines) is 1. The Hall–Kier alpha value is -3.52. The average Bonchev–Trinajstić information content (AvgIpc) is 3.40. The molecule has 1 unspecified atom stereocenters. The second-order valence-corrected chi connectivity index (χ2v) is 11.7. The third kappa shape index (κ3) is 5.35. The summed E-state index contributed by atoms with van der Waals surface area (Å²) in [6.45, 7) is 11.6. The highest BCUT2D eigenvalue weighted by Crippen LogP contribution is 2.44. The predicted molar refractivity (Wildman–Crippen MR) is 153 cm³/mol. The minimum absolute atomic E-state index is 0.361. The molecule has 1 fully saturated rings. The van der Waals surface area contributed by atoms with Crippen LogP contribution in [0.25, 0.3) is 11.0 Å². The van der Waals surface area contributed by atoms with Crippen LogP contribution < -0.4 is 0 Å². The van der Waals surface area contributed by atoms with E-state index in [-0.39, 0.29) is 5.92 Å². The van der Waals surface area contributed by atoms with E-state index < -0.39 is 11.4 Å². The lowest BCUT2D eigenvalue weighted by molar-refractivity contribution is -0.147. The van der Waals surface area contributed by atoms with Crippen molar-refractivity contribution < 1.29 is 9.90 Å². The topological polar surface area (TPSA) is 89.1 Å². The molecule has 1 N–H and O–H groups in total. The Morgan fingerprint density at radius 1 is 1.05 bits per heavy atom. The van der Waals surface area contributed by atoms with E-state index in [9.17, 15) is 9.90 Å². The number of aryl methyl sites for hydroxylation is 3. The number of benzene rings is 2. The lowest BCUT2D eigenvalue weighted by Gasteiger charge is -2.33. The first-order valence-corrected chi connectivity index (χ1v) is 14.0. The molecule has 5 rings (SSSR count). The summed E-state index contributed by atoms with van der Waals surface area (Å²) in [6, 6.07) is 10.4. The number of aromatic nitrogens is 5. The van der Waals surface area contributed by atoms with Crippen LogP contribution in [0.15, 0.2) is 42.7 Å². The van der Waals surface area contributed by atoms with Gasteiger partial charge in [0.15, 0.2) is 0 Å². The number of carboxylic acids is 1. The molecule has 39 heavy (non-hydrogen) atoms. The molecule has 1 saturated heterocycles. The Bertz CT molecular complexity index is 1480. The maximum absolute atomic E-state index is 12.6. The van der Waals surface area contributed by atoms with Crippen LogP contribution in [0.1, 0.15) is 79.1 Å². The van der Waals surface area contributed by atoms with Gasteiger partial charge in [0.2, 0.25) is 0 Å². The van der Waals surface area contributed by atoms with Gasteiger partial charge in [0.25, 0.3) is 0 Å². The van der Waals surface area contributed by atoms with E-state index in [0.29, 0.717) is 6.54 Å². The van der Waals surface area contributed by atoms with Gasteiger partial charge >= 0.3 is 5.97 Å². The van der Waals surface area contributed by atoms with Gasteiger partial charge in [-0.3, -0.25) is 9.69 Å². The third-order valence-electron chi connectivity index (χ3n) is 8.58. The molecule has 1 aliphatic heterocycles. The Balaban J connectivity index is 1.52. The normalized spacial score (nSPS) is 15.9. The fraction of sp³-hybridized carbons (Fsp3) is 0.484. The van der Waals surface area contributed by atoms with Crippen molar-refractivity contribution in [3.8, 4) is 0 Å². The summed E-state index contributed by atoms with van der Waals surface area (Å²) in [5, 5.41) is 18.9. The molecule has 0 spiro atoms. The van der Waals surface area contributed by atoms with Crippen LogP contribution in [0.2, 0.25) is 0 Å². The van der Waals surface area contributed by atoms with Crippen LogP contribution in [0.3, 0.4) is 0 Å². The highest BCUT2D eigenvalue weighted by molar-refractivity contribution is 5.81. The van der Waals surface area contributed by atoms with Crippen LogP contribution in [-0.4, -0.2) is 53.6 Å². The number of carbonyl (C=O) groups is 1. The van der Waals surface area contributed by atoms with E-state index in [0.717, 1.165) is 53.2 Å². The summed E-state index contributed by atoms with van der Waals surface area (Å²) in [6.07, 6.45) is 9.08. The Morgan fingerprint density at radius 3 is 2.51 bits per heavy atom. The van der Waals surface area contributed by atoms with Gasteiger partial charge < -0.3 is 9.67 Å². The molecule has 4 aromatic rings. The molecule has 2 aromatic heterocycles. The molecule has 1 aliphatic rings. The van der Waals surface area contributed by atoms with Crippen LogP contribution in [0, 0.1) is 19.3 Å². The average molecular weight is 529 g/mol. The molecule has 2 aromatic carbocycles. The summed E-state index contributed by atoms with van der Waals surface area (Å²) in [7, 11) is 1.87. The first kappa shape index (κ1) is 27.1. The molecule has 0 saturated carbocycles. The number of hydrogen-bond acceptors (Lipinski definition) is 5. The molecule has 8 nitrogen and oxygen atoms in total. The van der Waals surface area contributed by atoms with Crippen molar-refractivity contribution in [3.63, 3.8) is 0 Å². The van der Waals surface area contributed by atoms with Gasteiger partial charge in [-0.25, -0.2) is 9.67 Å². The number of aliphatic carboxylic acids is 1. The second kappa shape index (κ2) is 10.9. The largest absolute Gasteiger partial charge is 0.481 e. The van der Waals surface area contributed by atoms with Crippen molar-refractivity contribution >= 4 is 17.0 Å². The summed E-state index contributed by atoms with van der Waals surface area (Å²) >= 11 is 0. The zero-order chi connectivity index (χ0) is 27.7. The zero-order valence-electron chi connectivity index (χ0n) is 23.8. The van der Waals surface area contributed by atoms with E-state index in [2.05, 4.69) is 51.1 Å². The Kier molecular flexibility index (Phi) is 7.58. The summed E-state index contributed by atoms with van der Waals surface area (Å²) < 4.78 is 3.99. The van der Waals surface area contributed by atoms with Crippen molar-refractivity contribution in [2.24, 2.45) is 12.5 Å². The van der Waals surface area contributed by atoms with Gasteiger partial charge in [-0.2, -0.15) is 0 Å². The standard InChI is InChI=1S/C31H40N6O2/c1-21-10-11-23(18-24(21)19-37-17-14-32-27(37)20-36-15-8-6-7-9-16-36)28(31(3,4)30(38)39)25-12-13-26-29(22(25)2)33-34-35(26)5/h10-14,17-18,28H,6-9,15-16,19-20H2,1-5H3,(H,38,39). The van der Waals surface area contributed by atoms with Crippen LogP contribution >= 0.6 is 0 Å². The van der Waals surface area contributed by atoms with Gasteiger partial charge in [-0.05, 0) is 87.5 Å².